The third-order valence-electron chi connectivity index (χ3n) is 4.73. The Bertz CT molecular complexity index is 692. The summed E-state index contributed by atoms with van der Waals surface area (Å²) < 4.78 is 5.92. The molecular formula is C21H27NO2S. The lowest BCUT2D eigenvalue weighted by molar-refractivity contribution is -0.127. The Morgan fingerprint density at radius 3 is 2.76 bits per heavy atom. The predicted molar refractivity (Wildman–Crippen MR) is 106 cm³/mol. The molecule has 0 unspecified atom stereocenters. The smallest absolute Gasteiger partial charge is 0.260 e. The molecule has 1 atom stereocenters. The van der Waals surface area contributed by atoms with Crippen LogP contribution in [0.15, 0.2) is 42.5 Å². The molecule has 3 rings (SSSR count). The van der Waals surface area contributed by atoms with Crippen molar-refractivity contribution in [3.63, 3.8) is 0 Å². The van der Waals surface area contributed by atoms with Gasteiger partial charge in [-0.3, -0.25) is 4.79 Å². The summed E-state index contributed by atoms with van der Waals surface area (Å²) in [7, 11) is 0. The van der Waals surface area contributed by atoms with Crippen LogP contribution in [0.5, 0.6) is 5.75 Å². The highest BCUT2D eigenvalue weighted by Crippen LogP contribution is 2.28. The quantitative estimate of drug-likeness (QED) is 0.724. The highest BCUT2D eigenvalue weighted by molar-refractivity contribution is 7.99. The summed E-state index contributed by atoms with van der Waals surface area (Å²) in [6, 6.07) is 14.0. The SMILES string of the molecule is C[C@H](Oc1cccc2ccccc12)C(=O)NCCSC1CCCCC1. The minimum atomic E-state index is -0.495. The van der Waals surface area contributed by atoms with Gasteiger partial charge in [0.05, 0.1) is 0 Å². The summed E-state index contributed by atoms with van der Waals surface area (Å²) >= 11 is 2.00. The van der Waals surface area contributed by atoms with Gasteiger partial charge in [0.25, 0.3) is 5.91 Å². The van der Waals surface area contributed by atoms with Gasteiger partial charge in [0.2, 0.25) is 0 Å². The molecule has 1 aliphatic rings. The van der Waals surface area contributed by atoms with E-state index in [1.54, 1.807) is 0 Å². The van der Waals surface area contributed by atoms with Gasteiger partial charge in [-0.2, -0.15) is 11.8 Å². The molecular weight excluding hydrogens is 330 g/mol. The van der Waals surface area contributed by atoms with E-state index in [4.69, 9.17) is 4.74 Å². The third kappa shape index (κ3) is 5.15. The zero-order chi connectivity index (χ0) is 17.5. The number of thioether (sulfide) groups is 1. The van der Waals surface area contributed by atoms with E-state index in [0.717, 1.165) is 27.5 Å². The van der Waals surface area contributed by atoms with Crippen LogP contribution in [0.4, 0.5) is 0 Å². The van der Waals surface area contributed by atoms with Gasteiger partial charge in [-0.15, -0.1) is 0 Å². The maximum absolute atomic E-state index is 12.3. The second-order valence-electron chi connectivity index (χ2n) is 6.66. The van der Waals surface area contributed by atoms with E-state index >= 15 is 0 Å². The van der Waals surface area contributed by atoms with Crippen molar-refractivity contribution in [2.24, 2.45) is 0 Å². The van der Waals surface area contributed by atoms with Crippen LogP contribution in [0.25, 0.3) is 10.8 Å². The number of carbonyl (C=O) groups excluding carboxylic acids is 1. The molecule has 0 radical (unpaired) electrons. The number of nitrogens with one attached hydrogen (secondary N) is 1. The van der Waals surface area contributed by atoms with Gasteiger partial charge < -0.3 is 10.1 Å². The van der Waals surface area contributed by atoms with E-state index in [1.807, 2.05) is 49.0 Å². The molecule has 0 heterocycles. The molecule has 1 fully saturated rings. The van der Waals surface area contributed by atoms with Crippen LogP contribution in [0.3, 0.4) is 0 Å². The number of benzene rings is 2. The van der Waals surface area contributed by atoms with Crippen LogP contribution in [-0.4, -0.2) is 29.6 Å². The normalized spacial score (nSPS) is 16.5. The van der Waals surface area contributed by atoms with Gasteiger partial charge in [0, 0.05) is 22.9 Å². The lowest BCUT2D eigenvalue weighted by atomic mass is 10.0. The fourth-order valence-electron chi connectivity index (χ4n) is 3.32. The molecule has 3 nitrogen and oxygen atoms in total. The van der Waals surface area contributed by atoms with Crippen LogP contribution >= 0.6 is 11.8 Å². The summed E-state index contributed by atoms with van der Waals surface area (Å²) in [4.78, 5) is 12.3. The van der Waals surface area contributed by atoms with E-state index in [2.05, 4.69) is 17.4 Å². The Hall–Kier alpha value is -1.68. The maximum Gasteiger partial charge on any atom is 0.260 e. The molecule has 1 amide bonds. The number of ether oxygens (including phenoxy) is 1. The molecule has 25 heavy (non-hydrogen) atoms. The van der Waals surface area contributed by atoms with Crippen molar-refractivity contribution in [1.82, 2.24) is 5.32 Å². The van der Waals surface area contributed by atoms with Crippen molar-refractivity contribution in [3.8, 4) is 5.75 Å². The standard InChI is InChI=1S/C21H27NO2S/c1-16(21(23)22-14-15-25-18-10-3-2-4-11-18)24-20-13-7-9-17-8-5-6-12-19(17)20/h5-9,12-13,16,18H,2-4,10-11,14-15H2,1H3,(H,22,23)/t16-/m0/s1. The average Bonchev–Trinajstić information content (AvgIpc) is 2.66. The van der Waals surface area contributed by atoms with Gasteiger partial charge in [0.1, 0.15) is 5.75 Å². The largest absolute Gasteiger partial charge is 0.480 e. The second kappa shape index (κ2) is 9.14. The Morgan fingerprint density at radius 2 is 1.92 bits per heavy atom. The van der Waals surface area contributed by atoms with Gasteiger partial charge in [-0.05, 0) is 31.2 Å². The summed E-state index contributed by atoms with van der Waals surface area (Å²) in [6.45, 7) is 2.52. The molecule has 0 spiro atoms. The zero-order valence-corrected chi connectivity index (χ0v) is 15.7. The van der Waals surface area contributed by atoms with E-state index in [0.29, 0.717) is 6.54 Å². The Kier molecular flexibility index (Phi) is 6.62. The molecule has 1 aliphatic carbocycles. The first kappa shape index (κ1) is 18.1. The highest BCUT2D eigenvalue weighted by Gasteiger charge is 2.16. The van der Waals surface area contributed by atoms with Crippen molar-refractivity contribution in [2.45, 2.75) is 50.4 Å². The first-order valence-electron chi connectivity index (χ1n) is 9.28. The van der Waals surface area contributed by atoms with Crippen LogP contribution in [0, 0.1) is 0 Å². The third-order valence-corrected chi connectivity index (χ3v) is 6.11. The van der Waals surface area contributed by atoms with Gasteiger partial charge in [-0.1, -0.05) is 55.7 Å². The lowest BCUT2D eigenvalue weighted by Crippen LogP contribution is -2.37. The molecule has 2 aromatic rings. The number of carbonyl (C=O) groups is 1. The molecule has 4 heteroatoms. The number of hydrogen-bond acceptors (Lipinski definition) is 3. The molecule has 2 aromatic carbocycles. The van der Waals surface area contributed by atoms with Gasteiger partial charge in [-0.25, -0.2) is 0 Å². The van der Waals surface area contributed by atoms with Crippen molar-refractivity contribution < 1.29 is 9.53 Å². The number of rotatable bonds is 7. The van der Waals surface area contributed by atoms with E-state index in [-0.39, 0.29) is 5.91 Å². The van der Waals surface area contributed by atoms with Crippen molar-refractivity contribution in [3.05, 3.63) is 42.5 Å². The molecule has 0 saturated heterocycles. The first-order valence-corrected chi connectivity index (χ1v) is 10.3. The monoisotopic (exact) mass is 357 g/mol. The lowest BCUT2D eigenvalue weighted by Gasteiger charge is -2.21. The minimum absolute atomic E-state index is 0.0443. The Balaban J connectivity index is 1.45. The number of amides is 1. The fourth-order valence-corrected chi connectivity index (χ4v) is 4.54. The number of fused-ring (bicyclic) bond motifs is 1. The molecule has 1 N–H and O–H groups in total. The van der Waals surface area contributed by atoms with Gasteiger partial charge >= 0.3 is 0 Å². The summed E-state index contributed by atoms with van der Waals surface area (Å²) in [5.74, 6) is 1.70. The summed E-state index contributed by atoms with van der Waals surface area (Å²) in [5.41, 5.74) is 0. The zero-order valence-electron chi connectivity index (χ0n) is 14.9. The topological polar surface area (TPSA) is 38.3 Å². The average molecular weight is 358 g/mol. The highest BCUT2D eigenvalue weighted by atomic mass is 32.2. The molecule has 0 bridgehead atoms. The van der Waals surface area contributed by atoms with Crippen LogP contribution in [0.2, 0.25) is 0 Å². The van der Waals surface area contributed by atoms with Crippen molar-refractivity contribution in [1.29, 1.82) is 0 Å². The first-order chi connectivity index (χ1) is 12.2. The Labute approximate surface area is 154 Å². The van der Waals surface area contributed by atoms with Crippen molar-refractivity contribution >= 4 is 28.4 Å². The molecule has 0 aliphatic heterocycles. The van der Waals surface area contributed by atoms with Crippen LogP contribution < -0.4 is 10.1 Å². The maximum atomic E-state index is 12.3. The van der Waals surface area contributed by atoms with Crippen molar-refractivity contribution in [2.75, 3.05) is 12.3 Å². The van der Waals surface area contributed by atoms with Crippen LogP contribution in [-0.2, 0) is 4.79 Å². The van der Waals surface area contributed by atoms with E-state index in [1.165, 1.54) is 32.1 Å². The van der Waals surface area contributed by atoms with Crippen LogP contribution in [0.1, 0.15) is 39.0 Å². The van der Waals surface area contributed by atoms with E-state index < -0.39 is 6.10 Å². The summed E-state index contributed by atoms with van der Waals surface area (Å²) in [5, 5.41) is 5.95. The summed E-state index contributed by atoms with van der Waals surface area (Å²) in [6.07, 6.45) is 6.28. The Morgan fingerprint density at radius 1 is 1.16 bits per heavy atom. The fraction of sp³-hybridized carbons (Fsp3) is 0.476. The molecule has 0 aromatic heterocycles. The minimum Gasteiger partial charge on any atom is -0.480 e. The second-order valence-corrected chi connectivity index (χ2v) is 8.07. The number of hydrogen-bond donors (Lipinski definition) is 1. The van der Waals surface area contributed by atoms with Gasteiger partial charge in [0.15, 0.2) is 6.10 Å². The predicted octanol–water partition coefficient (Wildman–Crippen LogP) is 4.79. The molecule has 1 saturated carbocycles. The molecule has 134 valence electrons. The van der Waals surface area contributed by atoms with E-state index in [9.17, 15) is 4.79 Å².